The van der Waals surface area contributed by atoms with Gasteiger partial charge >= 0.3 is 5.97 Å². The largest absolute Gasteiger partial charge is 0.481 e. The lowest BCUT2D eigenvalue weighted by molar-refractivity contribution is -0.138. The van der Waals surface area contributed by atoms with Gasteiger partial charge in [0.25, 0.3) is 0 Å². The fraction of sp³-hybridized carbons (Fsp3) is 0.700. The Morgan fingerprint density at radius 1 is 1.71 bits per heavy atom. The molecule has 1 heterocycles. The molecule has 1 aliphatic heterocycles. The normalized spacial score (nSPS) is 22.9. The Morgan fingerprint density at radius 3 is 3.14 bits per heavy atom. The number of hydrogen-bond donors (Lipinski definition) is 1. The van der Waals surface area contributed by atoms with E-state index in [1.54, 1.807) is 0 Å². The number of carboxylic acids is 1. The topological polar surface area (TPSA) is 40.5 Å². The van der Waals surface area contributed by atoms with Crippen LogP contribution < -0.4 is 0 Å². The van der Waals surface area contributed by atoms with Gasteiger partial charge in [-0.25, -0.2) is 0 Å². The first-order valence-electron chi connectivity index (χ1n) is 4.71. The SMILES string of the molecule is C#CCCN1CCSCC1CC(=O)O. The van der Waals surface area contributed by atoms with E-state index >= 15 is 0 Å². The molecule has 3 nitrogen and oxygen atoms in total. The third-order valence-corrected chi connectivity index (χ3v) is 3.39. The smallest absolute Gasteiger partial charge is 0.304 e. The van der Waals surface area contributed by atoms with E-state index in [1.165, 1.54) is 0 Å². The molecule has 1 saturated heterocycles. The van der Waals surface area contributed by atoms with Crippen LogP contribution in [0.5, 0.6) is 0 Å². The van der Waals surface area contributed by atoms with Gasteiger partial charge in [-0.05, 0) is 0 Å². The number of terminal acetylenes is 1. The van der Waals surface area contributed by atoms with Crippen molar-refractivity contribution in [1.82, 2.24) is 4.90 Å². The first-order chi connectivity index (χ1) is 6.74. The van der Waals surface area contributed by atoms with E-state index in [0.29, 0.717) is 6.42 Å². The molecule has 1 aliphatic rings. The van der Waals surface area contributed by atoms with Crippen molar-refractivity contribution >= 4 is 17.7 Å². The van der Waals surface area contributed by atoms with E-state index in [-0.39, 0.29) is 12.5 Å². The van der Waals surface area contributed by atoms with Crippen molar-refractivity contribution < 1.29 is 9.90 Å². The summed E-state index contributed by atoms with van der Waals surface area (Å²) in [6.07, 6.45) is 6.14. The maximum Gasteiger partial charge on any atom is 0.304 e. The van der Waals surface area contributed by atoms with Crippen LogP contribution in [0.15, 0.2) is 0 Å². The highest BCUT2D eigenvalue weighted by Gasteiger charge is 2.24. The Balaban J connectivity index is 2.42. The van der Waals surface area contributed by atoms with Gasteiger partial charge in [0.2, 0.25) is 0 Å². The Labute approximate surface area is 88.9 Å². The van der Waals surface area contributed by atoms with Crippen LogP contribution in [-0.2, 0) is 4.79 Å². The van der Waals surface area contributed by atoms with E-state index in [0.717, 1.165) is 24.6 Å². The third-order valence-electron chi connectivity index (χ3n) is 2.30. The minimum atomic E-state index is -0.719. The fourth-order valence-electron chi connectivity index (χ4n) is 1.58. The fourth-order valence-corrected chi connectivity index (χ4v) is 2.71. The zero-order valence-electron chi connectivity index (χ0n) is 8.11. The summed E-state index contributed by atoms with van der Waals surface area (Å²) in [4.78, 5) is 12.8. The van der Waals surface area contributed by atoms with Gasteiger partial charge in [0, 0.05) is 37.1 Å². The number of rotatable bonds is 4. The van der Waals surface area contributed by atoms with Crippen molar-refractivity contribution in [3.8, 4) is 12.3 Å². The third kappa shape index (κ3) is 3.60. The molecule has 1 unspecified atom stereocenters. The first-order valence-corrected chi connectivity index (χ1v) is 5.86. The summed E-state index contributed by atoms with van der Waals surface area (Å²) in [5.74, 6) is 3.87. The molecule has 0 aromatic carbocycles. The van der Waals surface area contributed by atoms with Gasteiger partial charge in [-0.3, -0.25) is 9.69 Å². The first kappa shape index (κ1) is 11.4. The maximum atomic E-state index is 10.6. The average Bonchev–Trinajstić information content (AvgIpc) is 2.16. The monoisotopic (exact) mass is 213 g/mol. The van der Waals surface area contributed by atoms with E-state index in [9.17, 15) is 4.79 Å². The van der Waals surface area contributed by atoms with E-state index in [4.69, 9.17) is 11.5 Å². The molecule has 0 aliphatic carbocycles. The second-order valence-electron chi connectivity index (χ2n) is 3.32. The van der Waals surface area contributed by atoms with Crippen LogP contribution in [0.2, 0.25) is 0 Å². The lowest BCUT2D eigenvalue weighted by atomic mass is 10.2. The van der Waals surface area contributed by atoms with Crippen LogP contribution >= 0.6 is 11.8 Å². The van der Waals surface area contributed by atoms with Gasteiger partial charge < -0.3 is 5.11 Å². The number of aliphatic carboxylic acids is 1. The van der Waals surface area contributed by atoms with Crippen LogP contribution in [0.1, 0.15) is 12.8 Å². The highest BCUT2D eigenvalue weighted by atomic mass is 32.2. The molecule has 1 fully saturated rings. The second kappa shape index (κ2) is 5.94. The van der Waals surface area contributed by atoms with E-state index in [1.807, 2.05) is 11.8 Å². The summed E-state index contributed by atoms with van der Waals surface area (Å²) in [5.41, 5.74) is 0. The minimum Gasteiger partial charge on any atom is -0.481 e. The molecular formula is C10H15NO2S. The highest BCUT2D eigenvalue weighted by molar-refractivity contribution is 7.99. The lowest BCUT2D eigenvalue weighted by Gasteiger charge is -2.34. The number of carboxylic acid groups (broad SMARTS) is 1. The van der Waals surface area contributed by atoms with E-state index in [2.05, 4.69) is 10.8 Å². The van der Waals surface area contributed by atoms with Crippen LogP contribution in [-0.4, -0.2) is 46.6 Å². The van der Waals surface area contributed by atoms with Gasteiger partial charge in [0.15, 0.2) is 0 Å². The summed E-state index contributed by atoms with van der Waals surface area (Å²) in [5, 5.41) is 8.73. The predicted molar refractivity (Wildman–Crippen MR) is 58.4 cm³/mol. The number of thioether (sulfide) groups is 1. The standard InChI is InChI=1S/C10H15NO2S/c1-2-3-4-11-5-6-14-8-9(11)7-10(12)13/h1,9H,3-8H2,(H,12,13). The molecule has 4 heteroatoms. The van der Waals surface area contributed by atoms with Gasteiger partial charge in [-0.2, -0.15) is 11.8 Å². The van der Waals surface area contributed by atoms with Crippen molar-refractivity contribution in [3.63, 3.8) is 0 Å². The molecule has 0 radical (unpaired) electrons. The van der Waals surface area contributed by atoms with Crippen molar-refractivity contribution in [2.75, 3.05) is 24.6 Å². The van der Waals surface area contributed by atoms with Crippen molar-refractivity contribution in [2.45, 2.75) is 18.9 Å². The molecule has 0 saturated carbocycles. The van der Waals surface area contributed by atoms with Crippen LogP contribution in [0.25, 0.3) is 0 Å². The summed E-state index contributed by atoms with van der Waals surface area (Å²) >= 11 is 1.83. The Kier molecular flexibility index (Phi) is 4.85. The minimum absolute atomic E-state index is 0.166. The van der Waals surface area contributed by atoms with Crippen molar-refractivity contribution in [1.29, 1.82) is 0 Å². The highest BCUT2D eigenvalue weighted by Crippen LogP contribution is 2.18. The maximum absolute atomic E-state index is 10.6. The number of carbonyl (C=O) groups is 1. The molecule has 1 N–H and O–H groups in total. The Hall–Kier alpha value is -0.660. The summed E-state index contributed by atoms with van der Waals surface area (Å²) < 4.78 is 0. The molecule has 0 spiro atoms. The van der Waals surface area contributed by atoms with Gasteiger partial charge in [-0.1, -0.05) is 0 Å². The molecule has 1 atom stereocenters. The number of hydrogen-bond acceptors (Lipinski definition) is 3. The molecular weight excluding hydrogens is 198 g/mol. The zero-order chi connectivity index (χ0) is 10.4. The predicted octanol–water partition coefficient (Wildman–Crippen LogP) is 0.902. The van der Waals surface area contributed by atoms with Crippen LogP contribution in [0.3, 0.4) is 0 Å². The molecule has 0 aromatic heterocycles. The van der Waals surface area contributed by atoms with Crippen molar-refractivity contribution in [3.05, 3.63) is 0 Å². The second-order valence-corrected chi connectivity index (χ2v) is 4.47. The van der Waals surface area contributed by atoms with E-state index < -0.39 is 5.97 Å². The van der Waals surface area contributed by atoms with Gasteiger partial charge in [0.05, 0.1) is 6.42 Å². The molecule has 0 amide bonds. The average molecular weight is 213 g/mol. The molecule has 0 aromatic rings. The quantitative estimate of drug-likeness (QED) is 0.704. The van der Waals surface area contributed by atoms with Gasteiger partial charge in [0.1, 0.15) is 0 Å². The molecule has 14 heavy (non-hydrogen) atoms. The van der Waals surface area contributed by atoms with Gasteiger partial charge in [-0.15, -0.1) is 12.3 Å². The summed E-state index contributed by atoms with van der Waals surface area (Å²) in [6, 6.07) is 0.166. The van der Waals surface area contributed by atoms with Crippen molar-refractivity contribution in [2.24, 2.45) is 0 Å². The number of nitrogens with zero attached hydrogens (tertiary/aromatic N) is 1. The summed E-state index contributed by atoms with van der Waals surface area (Å²) in [7, 11) is 0. The lowest BCUT2D eigenvalue weighted by Crippen LogP contribution is -2.43. The molecule has 78 valence electrons. The summed E-state index contributed by atoms with van der Waals surface area (Å²) in [6.45, 7) is 1.79. The molecule has 0 bridgehead atoms. The zero-order valence-corrected chi connectivity index (χ0v) is 8.92. The Bertz CT molecular complexity index is 237. The van der Waals surface area contributed by atoms with Crippen LogP contribution in [0, 0.1) is 12.3 Å². The Morgan fingerprint density at radius 2 is 2.50 bits per heavy atom. The molecule has 1 rings (SSSR count). The van der Waals surface area contributed by atoms with Crippen LogP contribution in [0.4, 0.5) is 0 Å².